The maximum Gasteiger partial charge on any atom is 0.278 e. The summed E-state index contributed by atoms with van der Waals surface area (Å²) in [4.78, 5) is 27.4. The van der Waals surface area contributed by atoms with Crippen molar-refractivity contribution in [3.05, 3.63) is 71.2 Å². The molecule has 0 fully saturated rings. The number of nitrogens with one attached hydrogen (secondary N) is 1. The third kappa shape index (κ3) is 5.13. The summed E-state index contributed by atoms with van der Waals surface area (Å²) in [5, 5.41) is 2.97. The van der Waals surface area contributed by atoms with Gasteiger partial charge in [0, 0.05) is 25.4 Å². The standard InChI is InChI=1S/C24H27FN2O3/c1-3-4-14-30-15-6-13-27-23(28)21(18-11-9-17(2)10-12-18)22(24(27)29)26-20-8-5-7-19(25)16-20/h5,7-12,16,26H,3-4,6,13-15H2,1-2H3. The maximum atomic E-state index is 13.6. The second-order valence-corrected chi connectivity index (χ2v) is 7.33. The van der Waals surface area contributed by atoms with E-state index in [9.17, 15) is 14.0 Å². The molecular weight excluding hydrogens is 383 g/mol. The molecule has 2 aromatic rings. The molecule has 0 aliphatic carbocycles. The lowest BCUT2D eigenvalue weighted by Gasteiger charge is -2.15. The Balaban J connectivity index is 1.82. The molecule has 0 saturated heterocycles. The molecule has 2 aromatic carbocycles. The number of ether oxygens (including phenoxy) is 1. The number of benzene rings is 2. The number of halogens is 1. The fourth-order valence-electron chi connectivity index (χ4n) is 3.27. The highest BCUT2D eigenvalue weighted by Crippen LogP contribution is 2.31. The zero-order valence-electron chi connectivity index (χ0n) is 17.4. The van der Waals surface area contributed by atoms with E-state index in [0.29, 0.717) is 36.5 Å². The Hall–Kier alpha value is -2.99. The fourth-order valence-corrected chi connectivity index (χ4v) is 3.27. The van der Waals surface area contributed by atoms with Gasteiger partial charge in [-0.3, -0.25) is 14.5 Å². The molecular formula is C24H27FN2O3. The number of hydrogen-bond acceptors (Lipinski definition) is 4. The molecule has 1 aliphatic heterocycles. The summed E-state index contributed by atoms with van der Waals surface area (Å²) in [6.07, 6.45) is 2.61. The average molecular weight is 410 g/mol. The minimum Gasteiger partial charge on any atom is -0.381 e. The molecule has 0 atom stereocenters. The highest BCUT2D eigenvalue weighted by molar-refractivity contribution is 6.36. The topological polar surface area (TPSA) is 58.6 Å². The van der Waals surface area contributed by atoms with Crippen molar-refractivity contribution in [2.24, 2.45) is 0 Å². The van der Waals surface area contributed by atoms with Crippen molar-refractivity contribution in [2.45, 2.75) is 33.1 Å². The third-order valence-electron chi connectivity index (χ3n) is 4.91. The van der Waals surface area contributed by atoms with E-state index in [1.54, 1.807) is 12.1 Å². The van der Waals surface area contributed by atoms with Gasteiger partial charge in [0.05, 0.1) is 5.57 Å². The molecule has 5 nitrogen and oxygen atoms in total. The Morgan fingerprint density at radius 1 is 1.00 bits per heavy atom. The number of anilines is 1. The van der Waals surface area contributed by atoms with Gasteiger partial charge in [-0.05, 0) is 43.5 Å². The van der Waals surface area contributed by atoms with Crippen LogP contribution in [0.15, 0.2) is 54.2 Å². The van der Waals surface area contributed by atoms with Crippen molar-refractivity contribution in [2.75, 3.05) is 25.1 Å². The Bertz CT molecular complexity index is 938. The quantitative estimate of drug-likeness (QED) is 0.462. The van der Waals surface area contributed by atoms with Crippen molar-refractivity contribution in [3.63, 3.8) is 0 Å². The Morgan fingerprint density at radius 2 is 1.73 bits per heavy atom. The maximum absolute atomic E-state index is 13.6. The number of amides is 2. The second kappa shape index (κ2) is 10.2. The van der Waals surface area contributed by atoms with Gasteiger partial charge in [0.2, 0.25) is 0 Å². The predicted molar refractivity (Wildman–Crippen MR) is 115 cm³/mol. The molecule has 0 spiro atoms. The van der Waals surface area contributed by atoms with E-state index in [2.05, 4.69) is 12.2 Å². The van der Waals surface area contributed by atoms with Gasteiger partial charge >= 0.3 is 0 Å². The van der Waals surface area contributed by atoms with Gasteiger partial charge in [-0.25, -0.2) is 4.39 Å². The van der Waals surface area contributed by atoms with Crippen LogP contribution in [0.1, 0.15) is 37.3 Å². The molecule has 0 unspecified atom stereocenters. The molecule has 0 aromatic heterocycles. The molecule has 2 amide bonds. The van der Waals surface area contributed by atoms with Crippen LogP contribution in [0.25, 0.3) is 5.57 Å². The van der Waals surface area contributed by atoms with Gasteiger partial charge in [-0.15, -0.1) is 0 Å². The molecule has 0 saturated carbocycles. The summed E-state index contributed by atoms with van der Waals surface area (Å²) >= 11 is 0. The normalized spacial score (nSPS) is 14.0. The van der Waals surface area contributed by atoms with Crippen molar-refractivity contribution < 1.29 is 18.7 Å². The van der Waals surface area contributed by atoms with Crippen molar-refractivity contribution in [3.8, 4) is 0 Å². The molecule has 158 valence electrons. The number of aryl methyl sites for hydroxylation is 1. The lowest BCUT2D eigenvalue weighted by atomic mass is 10.0. The number of nitrogens with zero attached hydrogens (tertiary/aromatic N) is 1. The number of unbranched alkanes of at least 4 members (excludes halogenated alkanes) is 1. The zero-order valence-corrected chi connectivity index (χ0v) is 17.4. The SMILES string of the molecule is CCCCOCCCN1C(=O)C(Nc2cccc(F)c2)=C(c2ccc(C)cc2)C1=O. The van der Waals surface area contributed by atoms with E-state index in [1.165, 1.54) is 17.0 Å². The van der Waals surface area contributed by atoms with Crippen LogP contribution >= 0.6 is 0 Å². The Morgan fingerprint density at radius 3 is 2.43 bits per heavy atom. The molecule has 6 heteroatoms. The first-order chi connectivity index (χ1) is 14.5. The highest BCUT2D eigenvalue weighted by Gasteiger charge is 2.38. The van der Waals surface area contributed by atoms with Crippen LogP contribution in [0.5, 0.6) is 0 Å². The van der Waals surface area contributed by atoms with E-state index in [0.717, 1.165) is 18.4 Å². The fraction of sp³-hybridized carbons (Fsp3) is 0.333. The van der Waals surface area contributed by atoms with E-state index < -0.39 is 11.7 Å². The number of carbonyl (C=O) groups excluding carboxylic acids is 2. The molecule has 1 heterocycles. The third-order valence-corrected chi connectivity index (χ3v) is 4.91. The summed E-state index contributed by atoms with van der Waals surface area (Å²) in [7, 11) is 0. The van der Waals surface area contributed by atoms with Crippen molar-refractivity contribution in [1.82, 2.24) is 4.90 Å². The van der Waals surface area contributed by atoms with Crippen LogP contribution in [0.4, 0.5) is 10.1 Å². The molecule has 3 rings (SSSR count). The molecule has 30 heavy (non-hydrogen) atoms. The van der Waals surface area contributed by atoms with Crippen LogP contribution in [-0.2, 0) is 14.3 Å². The average Bonchev–Trinajstić information content (AvgIpc) is 2.95. The first kappa shape index (κ1) is 21.7. The summed E-state index contributed by atoms with van der Waals surface area (Å²) in [6.45, 7) is 5.49. The summed E-state index contributed by atoms with van der Waals surface area (Å²) in [5.74, 6) is -1.18. The van der Waals surface area contributed by atoms with Crippen LogP contribution in [0.3, 0.4) is 0 Å². The van der Waals surface area contributed by atoms with Crippen molar-refractivity contribution >= 4 is 23.1 Å². The van der Waals surface area contributed by atoms with Gasteiger partial charge in [-0.1, -0.05) is 49.2 Å². The molecule has 1 aliphatic rings. The van der Waals surface area contributed by atoms with Crippen LogP contribution < -0.4 is 5.32 Å². The van der Waals surface area contributed by atoms with Gasteiger partial charge in [0.25, 0.3) is 11.8 Å². The summed E-state index contributed by atoms with van der Waals surface area (Å²) < 4.78 is 19.2. The first-order valence-corrected chi connectivity index (χ1v) is 10.3. The number of hydrogen-bond donors (Lipinski definition) is 1. The lowest BCUT2D eigenvalue weighted by Crippen LogP contribution is -2.34. The van der Waals surface area contributed by atoms with Crippen molar-refractivity contribution in [1.29, 1.82) is 0 Å². The molecule has 0 radical (unpaired) electrons. The zero-order chi connectivity index (χ0) is 21.5. The smallest absolute Gasteiger partial charge is 0.278 e. The van der Waals surface area contributed by atoms with Gasteiger partial charge < -0.3 is 10.1 Å². The predicted octanol–water partition coefficient (Wildman–Crippen LogP) is 4.53. The van der Waals surface area contributed by atoms with Crippen LogP contribution in [-0.4, -0.2) is 36.5 Å². The van der Waals surface area contributed by atoms with E-state index in [1.807, 2.05) is 31.2 Å². The largest absolute Gasteiger partial charge is 0.381 e. The van der Waals surface area contributed by atoms with E-state index in [-0.39, 0.29) is 18.1 Å². The van der Waals surface area contributed by atoms with E-state index in [4.69, 9.17) is 4.74 Å². The Kier molecular flexibility index (Phi) is 7.36. The second-order valence-electron chi connectivity index (χ2n) is 7.33. The molecule has 1 N–H and O–H groups in total. The highest BCUT2D eigenvalue weighted by atomic mass is 19.1. The monoisotopic (exact) mass is 410 g/mol. The number of rotatable bonds is 10. The van der Waals surface area contributed by atoms with Crippen LogP contribution in [0, 0.1) is 12.7 Å². The molecule has 0 bridgehead atoms. The minimum absolute atomic E-state index is 0.168. The lowest BCUT2D eigenvalue weighted by molar-refractivity contribution is -0.137. The van der Waals surface area contributed by atoms with Gasteiger partial charge in [0.1, 0.15) is 11.5 Å². The van der Waals surface area contributed by atoms with Gasteiger partial charge in [0.15, 0.2) is 0 Å². The summed E-state index contributed by atoms with van der Waals surface area (Å²) in [5.41, 5.74) is 2.59. The number of carbonyl (C=O) groups is 2. The first-order valence-electron chi connectivity index (χ1n) is 10.3. The number of imide groups is 1. The summed E-state index contributed by atoms with van der Waals surface area (Å²) in [6, 6.07) is 13.3. The minimum atomic E-state index is -0.421. The van der Waals surface area contributed by atoms with Crippen LogP contribution in [0.2, 0.25) is 0 Å². The van der Waals surface area contributed by atoms with E-state index >= 15 is 0 Å². The van der Waals surface area contributed by atoms with Gasteiger partial charge in [-0.2, -0.15) is 0 Å². The Labute approximate surface area is 176 Å².